The number of likely N-dealkylation sites (N-methyl/N-ethyl adjacent to an activating group) is 1. The Morgan fingerprint density at radius 2 is 1.67 bits per heavy atom. The summed E-state index contributed by atoms with van der Waals surface area (Å²) in [7, 11) is 5.38. The van der Waals surface area contributed by atoms with Crippen molar-refractivity contribution in [3.05, 3.63) is 83.2 Å². The molecule has 0 atom stereocenters. The third-order valence-electron chi connectivity index (χ3n) is 7.12. The summed E-state index contributed by atoms with van der Waals surface area (Å²) in [6, 6.07) is 18.8. The van der Waals surface area contributed by atoms with Crippen molar-refractivity contribution in [1.82, 2.24) is 4.90 Å². The van der Waals surface area contributed by atoms with Gasteiger partial charge in [0.1, 0.15) is 18.1 Å². The van der Waals surface area contributed by atoms with E-state index in [2.05, 4.69) is 29.6 Å². The van der Waals surface area contributed by atoms with Crippen molar-refractivity contribution < 1.29 is 23.7 Å². The van der Waals surface area contributed by atoms with Crippen molar-refractivity contribution in [1.29, 1.82) is 0 Å². The summed E-state index contributed by atoms with van der Waals surface area (Å²) in [6.45, 7) is 6.36. The van der Waals surface area contributed by atoms with Crippen LogP contribution in [0.25, 0.3) is 0 Å². The number of hydrogen-bond donors (Lipinski definition) is 1. The molecule has 7 heteroatoms. The zero-order valence-electron chi connectivity index (χ0n) is 25.7. The number of aryl methyl sites for hydroxylation is 2. The number of ether oxygens (including phenoxy) is 3. The highest BCUT2D eigenvalue weighted by molar-refractivity contribution is 5.51. The molecule has 0 aromatic heterocycles. The molecule has 0 radical (unpaired) electrons. The monoisotopic (exact) mass is 578 g/mol. The van der Waals surface area contributed by atoms with Gasteiger partial charge in [-0.25, -0.2) is 4.39 Å². The maximum Gasteiger partial charge on any atom is 0.165 e. The number of nitrogens with zero attached hydrogens (tertiary/aromatic N) is 2. The Morgan fingerprint density at radius 1 is 0.905 bits per heavy atom. The number of anilines is 1. The van der Waals surface area contributed by atoms with Crippen LogP contribution >= 0.6 is 0 Å². The predicted molar refractivity (Wildman–Crippen MR) is 170 cm³/mol. The van der Waals surface area contributed by atoms with Gasteiger partial charge < -0.3 is 29.1 Å². The molecular formula is C35H47FN2O4. The van der Waals surface area contributed by atoms with Crippen LogP contribution in [0.4, 0.5) is 10.1 Å². The number of rotatable bonds is 13. The van der Waals surface area contributed by atoms with Crippen LogP contribution in [0.5, 0.6) is 17.2 Å². The van der Waals surface area contributed by atoms with Crippen LogP contribution in [-0.4, -0.2) is 64.1 Å². The molecule has 1 aliphatic rings. The van der Waals surface area contributed by atoms with Crippen molar-refractivity contribution in [2.24, 2.45) is 0 Å². The second-order valence-electron chi connectivity index (χ2n) is 10.1. The van der Waals surface area contributed by atoms with Crippen molar-refractivity contribution >= 4 is 5.69 Å². The average molecular weight is 579 g/mol. The Kier molecular flexibility index (Phi) is 15.9. The van der Waals surface area contributed by atoms with Crippen molar-refractivity contribution in [3.8, 4) is 30.1 Å². The van der Waals surface area contributed by atoms with E-state index in [-0.39, 0.29) is 5.82 Å². The lowest BCUT2D eigenvalue weighted by atomic mass is 9.92. The third-order valence-corrected chi connectivity index (χ3v) is 7.12. The van der Waals surface area contributed by atoms with Gasteiger partial charge in [-0.05, 0) is 99.2 Å². The highest BCUT2D eigenvalue weighted by atomic mass is 19.1. The lowest BCUT2D eigenvalue weighted by molar-refractivity contribution is 0.171. The summed E-state index contributed by atoms with van der Waals surface area (Å²) in [4.78, 5) is 4.32. The number of aromatic hydroxyl groups is 1. The fraction of sp³-hybridized carbons (Fsp3) is 0.429. The molecule has 1 N–H and O–H groups in total. The minimum Gasteiger partial charge on any atom is -0.508 e. The van der Waals surface area contributed by atoms with Crippen molar-refractivity contribution in [2.75, 3.05) is 59.0 Å². The van der Waals surface area contributed by atoms with Gasteiger partial charge in [0.25, 0.3) is 0 Å². The molecule has 0 aliphatic heterocycles. The van der Waals surface area contributed by atoms with Gasteiger partial charge in [-0.2, -0.15) is 0 Å². The van der Waals surface area contributed by atoms with Gasteiger partial charge in [0.15, 0.2) is 11.6 Å². The molecule has 0 amide bonds. The Balaban J connectivity index is 0.000000390. The molecule has 3 aromatic carbocycles. The highest BCUT2D eigenvalue weighted by Gasteiger charge is 2.11. The van der Waals surface area contributed by atoms with E-state index in [1.54, 1.807) is 32.4 Å². The Hall–Kier alpha value is -3.73. The van der Waals surface area contributed by atoms with Crippen LogP contribution in [0.3, 0.4) is 0 Å². The first-order chi connectivity index (χ1) is 20.4. The molecule has 228 valence electrons. The topological polar surface area (TPSA) is 54.4 Å². The Labute approximate surface area is 252 Å². The second-order valence-corrected chi connectivity index (χ2v) is 10.1. The molecule has 0 spiro atoms. The summed E-state index contributed by atoms with van der Waals surface area (Å²) >= 11 is 0. The number of benzene rings is 3. The molecule has 4 rings (SSSR count). The van der Waals surface area contributed by atoms with Crippen molar-refractivity contribution in [2.45, 2.75) is 45.6 Å². The quantitative estimate of drug-likeness (QED) is 0.179. The van der Waals surface area contributed by atoms with Gasteiger partial charge in [0, 0.05) is 51.6 Å². The molecule has 0 unspecified atom stereocenters. The zero-order valence-corrected chi connectivity index (χ0v) is 25.7. The third kappa shape index (κ3) is 11.6. The van der Waals surface area contributed by atoms with Crippen LogP contribution in [-0.2, 0) is 24.1 Å². The van der Waals surface area contributed by atoms with Gasteiger partial charge in [0.05, 0.1) is 7.11 Å². The molecular weight excluding hydrogens is 531 g/mol. The number of terminal acetylenes is 1. The van der Waals surface area contributed by atoms with Crippen LogP contribution in [0.2, 0.25) is 0 Å². The van der Waals surface area contributed by atoms with E-state index in [9.17, 15) is 9.50 Å². The first-order valence-electron chi connectivity index (χ1n) is 14.5. The fourth-order valence-corrected chi connectivity index (χ4v) is 4.79. The number of methoxy groups -OCH3 is 2. The number of fused-ring (bicyclic) bond motifs is 1. The minimum atomic E-state index is -0.328. The molecule has 42 heavy (non-hydrogen) atoms. The van der Waals surface area contributed by atoms with E-state index in [0.717, 1.165) is 56.1 Å². The molecule has 3 aromatic rings. The minimum absolute atomic E-state index is 0.295. The van der Waals surface area contributed by atoms with Gasteiger partial charge in [-0.3, -0.25) is 0 Å². The van der Waals surface area contributed by atoms with E-state index < -0.39 is 0 Å². The first-order valence-corrected chi connectivity index (χ1v) is 14.5. The smallest absolute Gasteiger partial charge is 0.165 e. The normalized spacial score (nSPS) is 11.8. The molecule has 0 bridgehead atoms. The van der Waals surface area contributed by atoms with E-state index in [1.807, 2.05) is 49.5 Å². The molecule has 0 fully saturated rings. The molecule has 1 aliphatic carbocycles. The van der Waals surface area contributed by atoms with E-state index >= 15 is 0 Å². The summed E-state index contributed by atoms with van der Waals surface area (Å²) in [5, 5.41) is 9.19. The first kappa shape index (κ1) is 34.5. The molecule has 0 heterocycles. The zero-order chi connectivity index (χ0) is 30.7. The van der Waals surface area contributed by atoms with Gasteiger partial charge in [-0.1, -0.05) is 18.2 Å². The van der Waals surface area contributed by atoms with Gasteiger partial charge in [0.2, 0.25) is 0 Å². The van der Waals surface area contributed by atoms with Crippen LogP contribution < -0.4 is 14.4 Å². The summed E-state index contributed by atoms with van der Waals surface area (Å²) in [5.74, 6) is 1.18. The molecule has 0 saturated heterocycles. The van der Waals surface area contributed by atoms with Crippen molar-refractivity contribution in [3.63, 3.8) is 0 Å². The van der Waals surface area contributed by atoms with E-state index in [0.29, 0.717) is 24.7 Å². The second kappa shape index (κ2) is 19.4. The summed E-state index contributed by atoms with van der Waals surface area (Å²) in [5.41, 5.74) is 4.71. The van der Waals surface area contributed by atoms with Crippen LogP contribution in [0.15, 0.2) is 60.7 Å². The Morgan fingerprint density at radius 3 is 2.36 bits per heavy atom. The van der Waals surface area contributed by atoms with Gasteiger partial charge in [-0.15, -0.1) is 12.8 Å². The maximum atomic E-state index is 14.5. The van der Waals surface area contributed by atoms with Crippen LogP contribution in [0.1, 0.15) is 42.9 Å². The predicted octanol–water partition coefficient (Wildman–Crippen LogP) is 6.73. The lowest BCUT2D eigenvalue weighted by Gasteiger charge is -2.24. The van der Waals surface area contributed by atoms with Gasteiger partial charge >= 0.3 is 0 Å². The number of hydrogen-bond acceptors (Lipinski definition) is 6. The fourth-order valence-electron chi connectivity index (χ4n) is 4.79. The number of phenols is 1. The lowest BCUT2D eigenvalue weighted by Crippen LogP contribution is -2.26. The Bertz CT molecular complexity index is 1220. The maximum absolute atomic E-state index is 14.5. The number of phenolic OH excluding ortho intramolecular Hbond substituents is 1. The standard InChI is InChI=1S/C23H33FN2O3.C10H12O.C2H2/c1-5-26(20-8-6-9-21(17-20)28-4)18-19-10-11-23(22(24)16-19)29-15-13-25(2)12-7-14-27-3;11-10-6-5-8-3-1-2-4-9(8)7-10;1-2/h6,8-11,16-17H,5,7,12-15,18H2,1-4H3;5-7,11H,1-4H2;1-2H. The summed E-state index contributed by atoms with van der Waals surface area (Å²) < 4.78 is 30.5. The van der Waals surface area contributed by atoms with E-state index in [4.69, 9.17) is 14.2 Å². The molecule has 6 nitrogen and oxygen atoms in total. The highest BCUT2D eigenvalue weighted by Crippen LogP contribution is 2.25. The molecule has 0 saturated carbocycles. The largest absolute Gasteiger partial charge is 0.508 e. The van der Waals surface area contributed by atoms with E-state index in [1.165, 1.54) is 30.4 Å². The average Bonchev–Trinajstić information content (AvgIpc) is 3.02. The van der Waals surface area contributed by atoms with Crippen LogP contribution in [0, 0.1) is 18.7 Å². The number of halogens is 1. The SMILES string of the molecule is C#C.CCN(Cc1ccc(OCCN(C)CCCOC)c(F)c1)c1cccc(OC)c1.Oc1ccc2c(c1)CCCC2. The summed E-state index contributed by atoms with van der Waals surface area (Å²) in [6.07, 6.45) is 13.9.